The molecule has 1 amide bonds. The monoisotopic (exact) mass is 189 g/mol. The van der Waals surface area contributed by atoms with Crippen LogP contribution in [0.3, 0.4) is 0 Å². The molecular weight excluding hydrogens is 174 g/mol. The molecule has 1 N–H and O–H groups in total. The number of morpholine rings is 1. The summed E-state index contributed by atoms with van der Waals surface area (Å²) in [4.78, 5) is 13.0. The highest BCUT2D eigenvalue weighted by atomic mass is 16.5. The zero-order valence-corrected chi connectivity index (χ0v) is 7.57. The molecule has 0 atom stereocenters. The lowest BCUT2D eigenvalue weighted by Gasteiger charge is -2.26. The van der Waals surface area contributed by atoms with Crippen molar-refractivity contribution in [3.8, 4) is 0 Å². The normalized spacial score (nSPS) is 17.5. The fraction of sp³-hybridized carbons (Fsp3) is 0.875. The van der Waals surface area contributed by atoms with Crippen molar-refractivity contribution in [2.75, 3.05) is 46.1 Å². The van der Waals surface area contributed by atoms with Crippen LogP contribution in [0.5, 0.6) is 0 Å². The van der Waals surface area contributed by atoms with Crippen molar-refractivity contribution >= 4 is 5.91 Å². The molecule has 1 fully saturated rings. The number of ether oxygens (including phenoxy) is 2. The summed E-state index contributed by atoms with van der Waals surface area (Å²) in [5.74, 6) is -0.0308. The molecular formula is C8H15NO4. The van der Waals surface area contributed by atoms with Gasteiger partial charge in [0.1, 0.15) is 6.61 Å². The molecule has 0 aromatic heterocycles. The summed E-state index contributed by atoms with van der Waals surface area (Å²) in [7, 11) is 0. The minimum absolute atomic E-state index is 0.0308. The smallest absolute Gasteiger partial charge is 0.248 e. The van der Waals surface area contributed by atoms with Gasteiger partial charge >= 0.3 is 0 Å². The number of aliphatic hydroxyl groups excluding tert-OH is 1. The number of carbonyl (C=O) groups is 1. The highest BCUT2D eigenvalue weighted by Gasteiger charge is 2.16. The van der Waals surface area contributed by atoms with E-state index in [1.54, 1.807) is 4.90 Å². The quantitative estimate of drug-likeness (QED) is 0.568. The lowest BCUT2D eigenvalue weighted by molar-refractivity contribution is -0.140. The van der Waals surface area contributed by atoms with Gasteiger partial charge in [-0.05, 0) is 0 Å². The maximum atomic E-state index is 11.3. The van der Waals surface area contributed by atoms with Crippen LogP contribution < -0.4 is 0 Å². The fourth-order valence-electron chi connectivity index (χ4n) is 1.13. The third-order valence-electron chi connectivity index (χ3n) is 1.82. The Hall–Kier alpha value is -0.650. The summed E-state index contributed by atoms with van der Waals surface area (Å²) in [5.41, 5.74) is 0. The lowest BCUT2D eigenvalue weighted by Crippen LogP contribution is -2.42. The van der Waals surface area contributed by atoms with E-state index in [0.29, 0.717) is 26.3 Å². The zero-order valence-electron chi connectivity index (χ0n) is 7.57. The van der Waals surface area contributed by atoms with Crippen molar-refractivity contribution in [2.45, 2.75) is 0 Å². The van der Waals surface area contributed by atoms with Crippen molar-refractivity contribution in [3.63, 3.8) is 0 Å². The van der Waals surface area contributed by atoms with E-state index in [1.165, 1.54) is 0 Å². The van der Waals surface area contributed by atoms with Crippen LogP contribution in [-0.2, 0) is 14.3 Å². The van der Waals surface area contributed by atoms with Gasteiger partial charge in [-0.25, -0.2) is 0 Å². The highest BCUT2D eigenvalue weighted by molar-refractivity contribution is 5.77. The number of rotatable bonds is 4. The summed E-state index contributed by atoms with van der Waals surface area (Å²) < 4.78 is 10.0. The Morgan fingerprint density at radius 1 is 1.46 bits per heavy atom. The SMILES string of the molecule is O=C(COCCO)N1CCOCC1. The third-order valence-corrected chi connectivity index (χ3v) is 1.82. The van der Waals surface area contributed by atoms with Gasteiger partial charge in [-0.3, -0.25) is 4.79 Å². The predicted octanol–water partition coefficient (Wildman–Crippen LogP) is -1.15. The highest BCUT2D eigenvalue weighted by Crippen LogP contribution is 1.97. The van der Waals surface area contributed by atoms with E-state index in [2.05, 4.69) is 0 Å². The Morgan fingerprint density at radius 3 is 2.77 bits per heavy atom. The molecule has 1 aliphatic rings. The number of aliphatic hydroxyl groups is 1. The van der Waals surface area contributed by atoms with Crippen LogP contribution in [0.1, 0.15) is 0 Å². The van der Waals surface area contributed by atoms with Crippen LogP contribution in [-0.4, -0.2) is 62.0 Å². The second-order valence-corrected chi connectivity index (χ2v) is 2.77. The van der Waals surface area contributed by atoms with E-state index < -0.39 is 0 Å². The van der Waals surface area contributed by atoms with E-state index >= 15 is 0 Å². The molecule has 0 unspecified atom stereocenters. The first-order valence-corrected chi connectivity index (χ1v) is 4.38. The molecule has 0 radical (unpaired) electrons. The molecule has 13 heavy (non-hydrogen) atoms. The molecule has 5 heteroatoms. The molecule has 0 saturated carbocycles. The summed E-state index contributed by atoms with van der Waals surface area (Å²) in [5, 5.41) is 8.42. The number of carbonyl (C=O) groups excluding carboxylic acids is 1. The van der Waals surface area contributed by atoms with Gasteiger partial charge in [0.25, 0.3) is 0 Å². The average molecular weight is 189 g/mol. The first-order chi connectivity index (χ1) is 6.34. The van der Waals surface area contributed by atoms with Crippen LogP contribution >= 0.6 is 0 Å². The molecule has 5 nitrogen and oxygen atoms in total. The second kappa shape index (κ2) is 5.90. The molecule has 1 rings (SSSR count). The van der Waals surface area contributed by atoms with E-state index in [9.17, 15) is 4.79 Å². The van der Waals surface area contributed by atoms with E-state index in [1.807, 2.05) is 0 Å². The molecule has 1 saturated heterocycles. The average Bonchev–Trinajstić information content (AvgIpc) is 2.19. The first-order valence-electron chi connectivity index (χ1n) is 4.38. The standard InChI is InChI=1S/C8H15NO4/c10-3-6-13-7-8(11)9-1-4-12-5-2-9/h10H,1-7H2. The molecule has 0 spiro atoms. The van der Waals surface area contributed by atoms with Crippen molar-refractivity contribution in [1.29, 1.82) is 0 Å². The van der Waals surface area contributed by atoms with E-state index in [-0.39, 0.29) is 25.7 Å². The summed E-state index contributed by atoms with van der Waals surface area (Å²) in [6.07, 6.45) is 0. The molecule has 0 aromatic carbocycles. The van der Waals surface area contributed by atoms with E-state index in [0.717, 1.165) is 0 Å². The second-order valence-electron chi connectivity index (χ2n) is 2.77. The Balaban J connectivity index is 2.13. The van der Waals surface area contributed by atoms with Crippen LogP contribution in [0.4, 0.5) is 0 Å². The molecule has 76 valence electrons. The van der Waals surface area contributed by atoms with Crippen molar-refractivity contribution in [1.82, 2.24) is 4.90 Å². The summed E-state index contributed by atoms with van der Waals surface area (Å²) in [6.45, 7) is 2.72. The Morgan fingerprint density at radius 2 is 2.15 bits per heavy atom. The van der Waals surface area contributed by atoms with Gasteiger partial charge in [-0.1, -0.05) is 0 Å². The molecule has 0 aromatic rings. The first kappa shape index (κ1) is 10.4. The molecule has 1 heterocycles. The Bertz CT molecular complexity index is 156. The van der Waals surface area contributed by atoms with Gasteiger partial charge in [0.15, 0.2) is 0 Å². The van der Waals surface area contributed by atoms with E-state index in [4.69, 9.17) is 14.6 Å². The maximum Gasteiger partial charge on any atom is 0.248 e. The van der Waals surface area contributed by atoms with Crippen LogP contribution in [0.15, 0.2) is 0 Å². The zero-order chi connectivity index (χ0) is 9.52. The van der Waals surface area contributed by atoms with Crippen molar-refractivity contribution < 1.29 is 19.4 Å². The van der Waals surface area contributed by atoms with Crippen LogP contribution in [0, 0.1) is 0 Å². The van der Waals surface area contributed by atoms with Crippen molar-refractivity contribution in [3.05, 3.63) is 0 Å². The fourth-order valence-corrected chi connectivity index (χ4v) is 1.13. The van der Waals surface area contributed by atoms with Gasteiger partial charge in [0.05, 0.1) is 26.4 Å². The Kier molecular flexibility index (Phi) is 4.74. The number of hydrogen-bond acceptors (Lipinski definition) is 4. The number of amides is 1. The summed E-state index contributed by atoms with van der Waals surface area (Å²) >= 11 is 0. The van der Waals surface area contributed by atoms with Crippen LogP contribution in [0.25, 0.3) is 0 Å². The summed E-state index contributed by atoms with van der Waals surface area (Å²) in [6, 6.07) is 0. The van der Waals surface area contributed by atoms with Crippen molar-refractivity contribution in [2.24, 2.45) is 0 Å². The minimum Gasteiger partial charge on any atom is -0.394 e. The number of nitrogens with zero attached hydrogens (tertiary/aromatic N) is 1. The molecule has 0 aliphatic carbocycles. The van der Waals surface area contributed by atoms with Crippen LogP contribution in [0.2, 0.25) is 0 Å². The Labute approximate surface area is 77.2 Å². The minimum atomic E-state index is -0.0452. The largest absolute Gasteiger partial charge is 0.394 e. The van der Waals surface area contributed by atoms with Gasteiger partial charge in [0, 0.05) is 13.1 Å². The van der Waals surface area contributed by atoms with Gasteiger partial charge < -0.3 is 19.5 Å². The van der Waals surface area contributed by atoms with Gasteiger partial charge in [0.2, 0.25) is 5.91 Å². The predicted molar refractivity (Wildman–Crippen MR) is 45.3 cm³/mol. The third kappa shape index (κ3) is 3.71. The molecule has 0 bridgehead atoms. The van der Waals surface area contributed by atoms with Gasteiger partial charge in [-0.2, -0.15) is 0 Å². The lowest BCUT2D eigenvalue weighted by atomic mass is 10.4. The molecule has 1 aliphatic heterocycles. The maximum absolute atomic E-state index is 11.3. The topological polar surface area (TPSA) is 59.0 Å². The van der Waals surface area contributed by atoms with Gasteiger partial charge in [-0.15, -0.1) is 0 Å². The number of hydrogen-bond donors (Lipinski definition) is 1.